The van der Waals surface area contributed by atoms with Crippen molar-refractivity contribution in [1.29, 1.82) is 0 Å². The van der Waals surface area contributed by atoms with Crippen molar-refractivity contribution in [2.45, 2.75) is 77.7 Å². The highest BCUT2D eigenvalue weighted by Gasteiger charge is 2.34. The first-order chi connectivity index (χ1) is 15.4. The minimum atomic E-state index is -1.42. The van der Waals surface area contributed by atoms with Crippen molar-refractivity contribution in [1.82, 2.24) is 25.9 Å². The molecule has 33 heavy (non-hydrogen) atoms. The predicted octanol–water partition coefficient (Wildman–Crippen LogP) is -1.10. The lowest BCUT2D eigenvalue weighted by atomic mass is 9.98. The van der Waals surface area contributed by atoms with Gasteiger partial charge < -0.3 is 36.9 Å². The molecule has 6 unspecified atom stereocenters. The van der Waals surface area contributed by atoms with Crippen molar-refractivity contribution < 1.29 is 29.4 Å². The van der Waals surface area contributed by atoms with E-state index in [1.165, 1.54) is 19.4 Å². The fraction of sp³-hybridized carbons (Fsp3) is 0.667. The molecule has 186 valence electrons. The number of imidazole rings is 1. The molecule has 0 aliphatic rings. The van der Waals surface area contributed by atoms with Gasteiger partial charge in [0.15, 0.2) is 0 Å². The van der Waals surface area contributed by atoms with Crippen LogP contribution in [0.2, 0.25) is 0 Å². The molecule has 12 heteroatoms. The summed E-state index contributed by atoms with van der Waals surface area (Å²) in [6.45, 7) is 8.16. The Kier molecular flexibility index (Phi) is 11.0. The van der Waals surface area contributed by atoms with Crippen LogP contribution in [0.3, 0.4) is 0 Å². The largest absolute Gasteiger partial charge is 0.480 e. The van der Waals surface area contributed by atoms with Crippen molar-refractivity contribution in [2.24, 2.45) is 17.6 Å². The van der Waals surface area contributed by atoms with Gasteiger partial charge in [0.2, 0.25) is 17.7 Å². The molecular formula is C21H36N6O6. The number of nitrogens with one attached hydrogen (secondary N) is 4. The van der Waals surface area contributed by atoms with E-state index in [1.54, 1.807) is 27.7 Å². The molecule has 0 aromatic carbocycles. The molecule has 0 aliphatic heterocycles. The van der Waals surface area contributed by atoms with Crippen molar-refractivity contribution in [3.8, 4) is 0 Å². The zero-order valence-electron chi connectivity index (χ0n) is 19.7. The Hall–Kier alpha value is -2.99. The molecule has 0 aliphatic carbocycles. The van der Waals surface area contributed by atoms with Crippen LogP contribution in [0.25, 0.3) is 0 Å². The van der Waals surface area contributed by atoms with Crippen LogP contribution < -0.4 is 21.7 Å². The number of carboxylic acid groups (broad SMARTS) is 1. The normalized spacial score (nSPS) is 16.7. The Bertz CT molecular complexity index is 797. The van der Waals surface area contributed by atoms with E-state index in [0.29, 0.717) is 12.1 Å². The van der Waals surface area contributed by atoms with Crippen molar-refractivity contribution in [3.05, 3.63) is 18.2 Å². The van der Waals surface area contributed by atoms with Gasteiger partial charge in [0, 0.05) is 18.3 Å². The maximum absolute atomic E-state index is 12.9. The molecule has 1 aromatic heterocycles. The Morgan fingerprint density at radius 1 is 1.00 bits per heavy atom. The summed E-state index contributed by atoms with van der Waals surface area (Å²) in [5.41, 5.74) is 6.58. The second-order valence-electron chi connectivity index (χ2n) is 8.55. The quantitative estimate of drug-likeness (QED) is 0.189. The molecule has 12 nitrogen and oxygen atoms in total. The number of amides is 3. The van der Waals surface area contributed by atoms with Crippen LogP contribution in [0.15, 0.2) is 12.5 Å². The predicted molar refractivity (Wildman–Crippen MR) is 120 cm³/mol. The molecule has 0 fully saturated rings. The Labute approximate surface area is 193 Å². The van der Waals surface area contributed by atoms with Gasteiger partial charge in [0.05, 0.1) is 18.5 Å². The fourth-order valence-corrected chi connectivity index (χ4v) is 3.10. The molecule has 1 heterocycles. The number of rotatable bonds is 13. The summed E-state index contributed by atoms with van der Waals surface area (Å²) in [5.74, 6) is -4.06. The molecule has 1 aromatic rings. The first-order valence-corrected chi connectivity index (χ1v) is 10.9. The molecule has 3 amide bonds. The average Bonchev–Trinajstić information content (AvgIpc) is 3.25. The topological polar surface area (TPSA) is 200 Å². The summed E-state index contributed by atoms with van der Waals surface area (Å²) in [6.07, 6.45) is 2.37. The molecule has 0 saturated heterocycles. The fourth-order valence-electron chi connectivity index (χ4n) is 3.10. The highest BCUT2D eigenvalue weighted by atomic mass is 16.4. The molecule has 0 saturated carbocycles. The minimum absolute atomic E-state index is 0.184. The van der Waals surface area contributed by atoms with Gasteiger partial charge >= 0.3 is 5.97 Å². The maximum Gasteiger partial charge on any atom is 0.326 e. The molecule has 1 rings (SSSR count). The summed E-state index contributed by atoms with van der Waals surface area (Å²) in [7, 11) is 0. The highest BCUT2D eigenvalue weighted by Crippen LogP contribution is 2.10. The lowest BCUT2D eigenvalue weighted by Gasteiger charge is -2.29. The molecule has 0 bridgehead atoms. The number of aromatic amines is 1. The van der Waals surface area contributed by atoms with Gasteiger partial charge in [0.25, 0.3) is 0 Å². The standard InChI is InChI=1S/C21H36N6O6/c1-6-11(4)16(21(32)33)26-20(31)17(12(5)28)27-19(30)15(10(2)3)25-18(29)14(22)7-13-8-23-9-24-13/h8-12,14-17,28H,6-7,22H2,1-5H3,(H,23,24)(H,25,29)(H,26,31)(H,27,30)(H,32,33). The Balaban J connectivity index is 2.89. The number of carbonyl (C=O) groups excluding carboxylic acids is 3. The van der Waals surface area contributed by atoms with Crippen LogP contribution in [-0.2, 0) is 25.6 Å². The van der Waals surface area contributed by atoms with E-state index < -0.39 is 54.0 Å². The van der Waals surface area contributed by atoms with Gasteiger partial charge in [-0.2, -0.15) is 0 Å². The van der Waals surface area contributed by atoms with E-state index in [4.69, 9.17) is 5.73 Å². The van der Waals surface area contributed by atoms with Crippen molar-refractivity contribution in [3.63, 3.8) is 0 Å². The van der Waals surface area contributed by atoms with Gasteiger partial charge in [-0.05, 0) is 18.8 Å². The number of aliphatic hydroxyl groups is 1. The maximum atomic E-state index is 12.9. The van der Waals surface area contributed by atoms with E-state index in [9.17, 15) is 29.4 Å². The third-order valence-corrected chi connectivity index (χ3v) is 5.42. The van der Waals surface area contributed by atoms with Crippen molar-refractivity contribution >= 4 is 23.7 Å². The zero-order chi connectivity index (χ0) is 25.3. The van der Waals surface area contributed by atoms with Crippen LogP contribution in [0.5, 0.6) is 0 Å². The highest BCUT2D eigenvalue weighted by molar-refractivity contribution is 5.94. The van der Waals surface area contributed by atoms with E-state index in [2.05, 4.69) is 25.9 Å². The minimum Gasteiger partial charge on any atom is -0.480 e. The van der Waals surface area contributed by atoms with Gasteiger partial charge in [-0.25, -0.2) is 9.78 Å². The number of aliphatic carboxylic acids is 1. The molecular weight excluding hydrogens is 432 g/mol. The van der Waals surface area contributed by atoms with E-state index >= 15 is 0 Å². The molecule has 0 radical (unpaired) electrons. The van der Waals surface area contributed by atoms with Gasteiger partial charge in [-0.3, -0.25) is 14.4 Å². The van der Waals surface area contributed by atoms with E-state index in [0.717, 1.165) is 0 Å². The zero-order valence-corrected chi connectivity index (χ0v) is 19.7. The first kappa shape index (κ1) is 28.0. The van der Waals surface area contributed by atoms with Crippen LogP contribution >= 0.6 is 0 Å². The number of aliphatic hydroxyl groups excluding tert-OH is 1. The number of nitrogens with zero attached hydrogens (tertiary/aromatic N) is 1. The Morgan fingerprint density at radius 3 is 2.00 bits per heavy atom. The number of carboxylic acids is 1. The lowest BCUT2D eigenvalue weighted by Crippen LogP contribution is -2.61. The summed E-state index contributed by atoms with van der Waals surface area (Å²) in [6, 6.07) is -4.58. The third-order valence-electron chi connectivity index (χ3n) is 5.42. The molecule has 0 spiro atoms. The van der Waals surface area contributed by atoms with Gasteiger partial charge in [-0.15, -0.1) is 0 Å². The second kappa shape index (κ2) is 12.9. The number of aromatic nitrogens is 2. The second-order valence-corrected chi connectivity index (χ2v) is 8.55. The summed E-state index contributed by atoms with van der Waals surface area (Å²) < 4.78 is 0. The van der Waals surface area contributed by atoms with Crippen LogP contribution in [0, 0.1) is 11.8 Å². The van der Waals surface area contributed by atoms with Crippen LogP contribution in [0.4, 0.5) is 0 Å². The SMILES string of the molecule is CCC(C)C(NC(=O)C(NC(=O)C(NC(=O)C(N)Cc1cnc[nH]1)C(C)C)C(C)O)C(=O)O. The number of hydrogen-bond acceptors (Lipinski definition) is 7. The van der Waals surface area contributed by atoms with Gasteiger partial charge in [0.1, 0.15) is 18.1 Å². The number of hydrogen-bond donors (Lipinski definition) is 7. The summed E-state index contributed by atoms with van der Waals surface area (Å²) in [4.78, 5) is 56.3. The van der Waals surface area contributed by atoms with Crippen LogP contribution in [-0.4, -0.2) is 74.1 Å². The molecule has 8 N–H and O–H groups in total. The lowest BCUT2D eigenvalue weighted by molar-refractivity contribution is -0.144. The summed E-state index contributed by atoms with van der Waals surface area (Å²) >= 11 is 0. The summed E-state index contributed by atoms with van der Waals surface area (Å²) in [5, 5.41) is 26.9. The first-order valence-electron chi connectivity index (χ1n) is 10.9. The van der Waals surface area contributed by atoms with Gasteiger partial charge in [-0.1, -0.05) is 34.1 Å². The molecule has 6 atom stereocenters. The monoisotopic (exact) mass is 468 g/mol. The average molecular weight is 469 g/mol. The number of carbonyl (C=O) groups is 4. The van der Waals surface area contributed by atoms with E-state index in [1.807, 2.05) is 0 Å². The van der Waals surface area contributed by atoms with Crippen LogP contribution in [0.1, 0.15) is 46.7 Å². The Morgan fingerprint density at radius 2 is 1.55 bits per heavy atom. The number of H-pyrrole nitrogens is 1. The smallest absolute Gasteiger partial charge is 0.326 e. The van der Waals surface area contributed by atoms with E-state index in [-0.39, 0.29) is 18.3 Å². The third kappa shape index (κ3) is 8.46. The van der Waals surface area contributed by atoms with Crippen molar-refractivity contribution in [2.75, 3.05) is 0 Å². The number of nitrogens with two attached hydrogens (primary N) is 1.